The minimum absolute atomic E-state index is 0.189. The Hall–Kier alpha value is -3.15. The van der Waals surface area contributed by atoms with Gasteiger partial charge in [-0.25, -0.2) is 0 Å². The first-order valence-corrected chi connectivity index (χ1v) is 8.03. The lowest BCUT2D eigenvalue weighted by Crippen LogP contribution is -2.32. The lowest BCUT2D eigenvalue weighted by Gasteiger charge is -2.13. The van der Waals surface area contributed by atoms with Gasteiger partial charge in [-0.15, -0.1) is 0 Å². The summed E-state index contributed by atoms with van der Waals surface area (Å²) in [6.45, 7) is 2.55. The van der Waals surface area contributed by atoms with Crippen molar-refractivity contribution in [2.45, 2.75) is 20.0 Å². The average molecular weight is 337 g/mol. The first-order valence-electron chi connectivity index (χ1n) is 8.03. The highest BCUT2D eigenvalue weighted by Crippen LogP contribution is 2.19. The van der Waals surface area contributed by atoms with E-state index in [9.17, 15) is 9.59 Å². The van der Waals surface area contributed by atoms with E-state index in [4.69, 9.17) is 4.74 Å². The van der Waals surface area contributed by atoms with Gasteiger partial charge in [0.25, 0.3) is 11.5 Å². The molecule has 3 aromatic rings. The number of hydrogen-bond donors (Lipinski definition) is 1. The molecule has 0 atom stereocenters. The maximum Gasteiger partial charge on any atom is 0.268 e. The van der Waals surface area contributed by atoms with Crippen LogP contribution in [0.15, 0.2) is 53.5 Å². The Labute approximate surface area is 145 Å². The second-order valence-corrected chi connectivity index (χ2v) is 5.54. The summed E-state index contributed by atoms with van der Waals surface area (Å²) in [7, 11) is 1.56. The standard InChI is InChI=1S/C19H19N3O3/c1-3-22-17(18(23)21-12-14-6-4-5-9-20-14)11-13-10-15(25-2)7-8-16(13)19(22)24/h4-11H,3,12H2,1-2H3,(H,21,23). The van der Waals surface area contributed by atoms with E-state index < -0.39 is 0 Å². The Bertz CT molecular complexity index is 965. The van der Waals surface area contributed by atoms with Crippen LogP contribution in [0.5, 0.6) is 5.75 Å². The van der Waals surface area contributed by atoms with Crippen molar-refractivity contribution in [1.29, 1.82) is 0 Å². The molecule has 1 aromatic carbocycles. The van der Waals surface area contributed by atoms with E-state index in [2.05, 4.69) is 10.3 Å². The van der Waals surface area contributed by atoms with Crippen LogP contribution in [-0.4, -0.2) is 22.6 Å². The molecule has 0 unspecified atom stereocenters. The minimum atomic E-state index is -0.311. The third-order valence-electron chi connectivity index (χ3n) is 4.02. The smallest absolute Gasteiger partial charge is 0.268 e. The first-order chi connectivity index (χ1) is 12.1. The van der Waals surface area contributed by atoms with E-state index in [0.717, 1.165) is 5.69 Å². The molecule has 128 valence electrons. The number of methoxy groups -OCH3 is 1. The Morgan fingerprint density at radius 3 is 2.76 bits per heavy atom. The molecule has 1 N–H and O–H groups in total. The number of fused-ring (bicyclic) bond motifs is 1. The van der Waals surface area contributed by atoms with Crippen LogP contribution >= 0.6 is 0 Å². The Balaban J connectivity index is 1.98. The molecule has 0 aliphatic carbocycles. The fraction of sp³-hybridized carbons (Fsp3) is 0.211. The van der Waals surface area contributed by atoms with Gasteiger partial charge in [0.15, 0.2) is 0 Å². The molecule has 2 heterocycles. The average Bonchev–Trinajstić information content (AvgIpc) is 2.66. The highest BCUT2D eigenvalue weighted by molar-refractivity contribution is 5.97. The molecular weight excluding hydrogens is 318 g/mol. The van der Waals surface area contributed by atoms with Gasteiger partial charge < -0.3 is 14.6 Å². The molecule has 0 fully saturated rings. The van der Waals surface area contributed by atoms with Crippen LogP contribution < -0.4 is 15.6 Å². The first kappa shape index (κ1) is 16.7. The lowest BCUT2D eigenvalue weighted by atomic mass is 10.1. The molecule has 0 aliphatic rings. The van der Waals surface area contributed by atoms with Gasteiger partial charge in [0, 0.05) is 18.1 Å². The summed E-state index contributed by atoms with van der Waals surface area (Å²) in [5.74, 6) is 0.329. The highest BCUT2D eigenvalue weighted by atomic mass is 16.5. The molecule has 6 heteroatoms. The number of carbonyl (C=O) groups excluding carboxylic acids is 1. The topological polar surface area (TPSA) is 73.2 Å². The number of ether oxygens (including phenoxy) is 1. The zero-order valence-electron chi connectivity index (χ0n) is 14.2. The maximum atomic E-state index is 12.7. The van der Waals surface area contributed by atoms with Gasteiger partial charge in [-0.3, -0.25) is 14.6 Å². The molecule has 0 spiro atoms. The van der Waals surface area contributed by atoms with Crippen LogP contribution in [0.1, 0.15) is 23.1 Å². The Morgan fingerprint density at radius 2 is 2.08 bits per heavy atom. The van der Waals surface area contributed by atoms with Crippen LogP contribution in [-0.2, 0) is 13.1 Å². The van der Waals surface area contributed by atoms with Crippen LogP contribution in [0.3, 0.4) is 0 Å². The lowest BCUT2D eigenvalue weighted by molar-refractivity contribution is 0.0940. The van der Waals surface area contributed by atoms with Gasteiger partial charge in [-0.2, -0.15) is 0 Å². The number of rotatable bonds is 5. The summed E-state index contributed by atoms with van der Waals surface area (Å²) in [6, 6.07) is 12.4. The highest BCUT2D eigenvalue weighted by Gasteiger charge is 2.15. The number of aromatic nitrogens is 2. The van der Waals surface area contributed by atoms with Gasteiger partial charge in [0.2, 0.25) is 0 Å². The summed E-state index contributed by atoms with van der Waals surface area (Å²) in [6.07, 6.45) is 1.67. The van der Waals surface area contributed by atoms with E-state index in [1.165, 1.54) is 4.57 Å². The number of carbonyl (C=O) groups is 1. The quantitative estimate of drug-likeness (QED) is 0.776. The SMILES string of the molecule is CCn1c(C(=O)NCc2ccccn2)cc2cc(OC)ccc2c1=O. The third-order valence-corrected chi connectivity index (χ3v) is 4.02. The second-order valence-electron chi connectivity index (χ2n) is 5.54. The molecule has 2 aromatic heterocycles. The van der Waals surface area contributed by atoms with E-state index in [0.29, 0.717) is 35.3 Å². The molecule has 0 saturated heterocycles. The zero-order chi connectivity index (χ0) is 17.8. The van der Waals surface area contributed by atoms with Crippen LogP contribution in [0.2, 0.25) is 0 Å². The van der Waals surface area contributed by atoms with E-state index in [1.807, 2.05) is 25.1 Å². The Kier molecular flexibility index (Phi) is 4.79. The van der Waals surface area contributed by atoms with Crippen molar-refractivity contribution in [1.82, 2.24) is 14.9 Å². The maximum absolute atomic E-state index is 12.7. The minimum Gasteiger partial charge on any atom is -0.497 e. The predicted molar refractivity (Wildman–Crippen MR) is 95.8 cm³/mol. The van der Waals surface area contributed by atoms with Gasteiger partial charge in [-0.1, -0.05) is 6.07 Å². The fourth-order valence-electron chi connectivity index (χ4n) is 2.73. The summed E-state index contributed by atoms with van der Waals surface area (Å²) in [5.41, 5.74) is 0.888. The van der Waals surface area contributed by atoms with Crippen LogP contribution in [0.25, 0.3) is 10.8 Å². The largest absolute Gasteiger partial charge is 0.497 e. The predicted octanol–water partition coefficient (Wildman–Crippen LogP) is 2.36. The van der Waals surface area contributed by atoms with Crippen molar-refractivity contribution in [2.24, 2.45) is 0 Å². The van der Waals surface area contributed by atoms with Crippen molar-refractivity contribution >= 4 is 16.7 Å². The molecule has 0 radical (unpaired) electrons. The summed E-state index contributed by atoms with van der Waals surface area (Å²) in [4.78, 5) is 29.5. The molecule has 1 amide bonds. The molecule has 6 nitrogen and oxygen atoms in total. The molecular formula is C19H19N3O3. The molecule has 3 rings (SSSR count). The van der Waals surface area contributed by atoms with Crippen LogP contribution in [0, 0.1) is 0 Å². The monoisotopic (exact) mass is 337 g/mol. The van der Waals surface area contributed by atoms with Crippen LogP contribution in [0.4, 0.5) is 0 Å². The fourth-order valence-corrected chi connectivity index (χ4v) is 2.73. The number of pyridine rings is 2. The van der Waals surface area contributed by atoms with Crippen molar-refractivity contribution in [3.05, 3.63) is 70.4 Å². The normalized spacial score (nSPS) is 10.6. The number of amides is 1. The summed E-state index contributed by atoms with van der Waals surface area (Å²) in [5, 5.41) is 4.06. The van der Waals surface area contributed by atoms with Gasteiger partial charge >= 0.3 is 0 Å². The summed E-state index contributed by atoms with van der Waals surface area (Å²) < 4.78 is 6.68. The number of nitrogens with one attached hydrogen (secondary N) is 1. The molecule has 0 aliphatic heterocycles. The number of hydrogen-bond acceptors (Lipinski definition) is 4. The van der Waals surface area contributed by atoms with Gasteiger partial charge in [0.1, 0.15) is 11.4 Å². The summed E-state index contributed by atoms with van der Waals surface area (Å²) >= 11 is 0. The Morgan fingerprint density at radius 1 is 1.24 bits per heavy atom. The molecule has 0 bridgehead atoms. The molecule has 0 saturated carbocycles. The van der Waals surface area contributed by atoms with E-state index in [-0.39, 0.29) is 11.5 Å². The van der Waals surface area contributed by atoms with Crippen molar-refractivity contribution in [3.8, 4) is 5.75 Å². The second kappa shape index (κ2) is 7.17. The van der Waals surface area contributed by atoms with E-state index >= 15 is 0 Å². The van der Waals surface area contributed by atoms with E-state index in [1.54, 1.807) is 37.6 Å². The third kappa shape index (κ3) is 3.38. The van der Waals surface area contributed by atoms with Gasteiger partial charge in [-0.05, 0) is 48.7 Å². The van der Waals surface area contributed by atoms with Gasteiger partial charge in [0.05, 0.1) is 19.3 Å². The molecule has 25 heavy (non-hydrogen) atoms. The van der Waals surface area contributed by atoms with Crippen molar-refractivity contribution in [2.75, 3.05) is 7.11 Å². The van der Waals surface area contributed by atoms with Crippen molar-refractivity contribution in [3.63, 3.8) is 0 Å². The number of nitrogens with zero attached hydrogens (tertiary/aromatic N) is 2. The van der Waals surface area contributed by atoms with Crippen molar-refractivity contribution < 1.29 is 9.53 Å². The number of benzene rings is 1. The zero-order valence-corrected chi connectivity index (χ0v) is 14.2.